The van der Waals surface area contributed by atoms with Gasteiger partial charge in [-0.1, -0.05) is 12.8 Å². The minimum atomic E-state index is -0.0232. The molecule has 1 saturated carbocycles. The molecule has 2 rings (SSSR count). The zero-order chi connectivity index (χ0) is 11.4. The maximum absolute atomic E-state index is 11.9. The molecular formula is C12H18N2O2. The number of hydrogen-bond acceptors (Lipinski definition) is 3. The molecule has 1 aliphatic carbocycles. The summed E-state index contributed by atoms with van der Waals surface area (Å²) in [6, 6.07) is 2.27. The van der Waals surface area contributed by atoms with Crippen LogP contribution in [0, 0.1) is 17.2 Å². The summed E-state index contributed by atoms with van der Waals surface area (Å²) in [5.74, 6) is 0.462. The van der Waals surface area contributed by atoms with Crippen LogP contribution in [-0.4, -0.2) is 36.6 Å². The van der Waals surface area contributed by atoms with E-state index in [0.717, 1.165) is 19.4 Å². The molecule has 2 aliphatic rings. The number of carbonyl (C=O) groups excluding carboxylic acids is 1. The molecule has 0 bridgehead atoms. The van der Waals surface area contributed by atoms with Gasteiger partial charge in [0.2, 0.25) is 5.91 Å². The van der Waals surface area contributed by atoms with Crippen LogP contribution in [0.2, 0.25) is 0 Å². The standard InChI is InChI=1S/C12H18N2O2/c13-6-5-12(15)14-7-8-16-9-10-3-1-2-4-11(10)14/h10-11H,1-5,7-9H2/t10-,11+/m1/s1. The first-order chi connectivity index (χ1) is 7.83. The maximum atomic E-state index is 11.9. The third-order valence-corrected chi connectivity index (χ3v) is 3.63. The number of fused-ring (bicyclic) bond motifs is 1. The van der Waals surface area contributed by atoms with E-state index in [1.54, 1.807) is 0 Å². The topological polar surface area (TPSA) is 53.3 Å². The summed E-state index contributed by atoms with van der Waals surface area (Å²) in [5.41, 5.74) is 0. The summed E-state index contributed by atoms with van der Waals surface area (Å²) in [4.78, 5) is 13.7. The van der Waals surface area contributed by atoms with Crippen molar-refractivity contribution in [3.05, 3.63) is 0 Å². The first kappa shape index (κ1) is 11.4. The van der Waals surface area contributed by atoms with Crippen LogP contribution in [0.25, 0.3) is 0 Å². The molecule has 1 amide bonds. The summed E-state index contributed by atoms with van der Waals surface area (Å²) < 4.78 is 5.55. The molecule has 1 saturated heterocycles. The maximum Gasteiger partial charge on any atom is 0.237 e. The van der Waals surface area contributed by atoms with E-state index in [2.05, 4.69) is 0 Å². The van der Waals surface area contributed by atoms with Crippen LogP contribution in [0.1, 0.15) is 32.1 Å². The molecule has 2 fully saturated rings. The highest BCUT2D eigenvalue weighted by Gasteiger charge is 2.34. The molecule has 0 radical (unpaired) electrons. The minimum Gasteiger partial charge on any atom is -0.379 e. The fourth-order valence-corrected chi connectivity index (χ4v) is 2.84. The van der Waals surface area contributed by atoms with E-state index >= 15 is 0 Å². The largest absolute Gasteiger partial charge is 0.379 e. The van der Waals surface area contributed by atoms with Gasteiger partial charge in [-0.25, -0.2) is 0 Å². The molecule has 0 N–H and O–H groups in total. The number of carbonyl (C=O) groups is 1. The second-order valence-corrected chi connectivity index (χ2v) is 4.61. The van der Waals surface area contributed by atoms with Gasteiger partial charge in [0.05, 0.1) is 19.3 Å². The number of rotatable bonds is 1. The van der Waals surface area contributed by atoms with Gasteiger partial charge < -0.3 is 9.64 Å². The van der Waals surface area contributed by atoms with Gasteiger partial charge in [-0.15, -0.1) is 0 Å². The zero-order valence-electron chi connectivity index (χ0n) is 9.52. The van der Waals surface area contributed by atoms with Gasteiger partial charge >= 0.3 is 0 Å². The summed E-state index contributed by atoms with van der Waals surface area (Å²) in [5, 5.41) is 8.60. The molecule has 4 nitrogen and oxygen atoms in total. The highest BCUT2D eigenvalue weighted by Crippen LogP contribution is 2.30. The van der Waals surface area contributed by atoms with E-state index in [0.29, 0.717) is 25.1 Å². The van der Waals surface area contributed by atoms with Gasteiger partial charge in [0.25, 0.3) is 0 Å². The van der Waals surface area contributed by atoms with Gasteiger partial charge in [0, 0.05) is 18.5 Å². The first-order valence-corrected chi connectivity index (χ1v) is 6.07. The molecule has 0 aromatic rings. The molecule has 0 spiro atoms. The molecule has 0 aromatic carbocycles. The Hall–Kier alpha value is -1.08. The van der Waals surface area contributed by atoms with Crippen molar-refractivity contribution in [3.8, 4) is 6.07 Å². The van der Waals surface area contributed by atoms with Crippen LogP contribution in [0.15, 0.2) is 0 Å². The highest BCUT2D eigenvalue weighted by molar-refractivity contribution is 5.78. The van der Waals surface area contributed by atoms with Crippen LogP contribution < -0.4 is 0 Å². The average molecular weight is 222 g/mol. The van der Waals surface area contributed by atoms with E-state index in [9.17, 15) is 4.79 Å². The van der Waals surface area contributed by atoms with Crippen molar-refractivity contribution in [2.24, 2.45) is 5.92 Å². The molecule has 16 heavy (non-hydrogen) atoms. The lowest BCUT2D eigenvalue weighted by molar-refractivity contribution is -0.133. The van der Waals surface area contributed by atoms with E-state index < -0.39 is 0 Å². The number of nitriles is 1. The van der Waals surface area contributed by atoms with Crippen molar-refractivity contribution in [1.82, 2.24) is 4.90 Å². The van der Waals surface area contributed by atoms with Crippen molar-refractivity contribution in [2.75, 3.05) is 19.8 Å². The van der Waals surface area contributed by atoms with Crippen molar-refractivity contribution in [2.45, 2.75) is 38.1 Å². The number of amides is 1. The Morgan fingerprint density at radius 1 is 1.44 bits per heavy atom. The summed E-state index contributed by atoms with van der Waals surface area (Å²) in [6.07, 6.45) is 4.66. The summed E-state index contributed by atoms with van der Waals surface area (Å²) in [6.45, 7) is 2.05. The lowest BCUT2D eigenvalue weighted by atomic mass is 9.84. The normalized spacial score (nSPS) is 30.1. The van der Waals surface area contributed by atoms with Crippen LogP contribution in [-0.2, 0) is 9.53 Å². The van der Waals surface area contributed by atoms with E-state index in [-0.39, 0.29) is 12.3 Å². The van der Waals surface area contributed by atoms with Crippen molar-refractivity contribution < 1.29 is 9.53 Å². The lowest BCUT2D eigenvalue weighted by Gasteiger charge is -2.37. The third kappa shape index (κ3) is 2.35. The fourth-order valence-electron chi connectivity index (χ4n) is 2.84. The number of hydrogen-bond donors (Lipinski definition) is 0. The molecule has 1 aliphatic heterocycles. The van der Waals surface area contributed by atoms with Crippen LogP contribution in [0.5, 0.6) is 0 Å². The monoisotopic (exact) mass is 222 g/mol. The van der Waals surface area contributed by atoms with Crippen molar-refractivity contribution in [1.29, 1.82) is 5.26 Å². The summed E-state index contributed by atoms with van der Waals surface area (Å²) >= 11 is 0. The quantitative estimate of drug-likeness (QED) is 0.672. The predicted molar refractivity (Wildman–Crippen MR) is 58.5 cm³/mol. The zero-order valence-corrected chi connectivity index (χ0v) is 9.52. The van der Waals surface area contributed by atoms with Gasteiger partial charge in [-0.05, 0) is 12.8 Å². The fraction of sp³-hybridized carbons (Fsp3) is 0.833. The van der Waals surface area contributed by atoms with Gasteiger partial charge in [-0.3, -0.25) is 4.79 Å². The first-order valence-electron chi connectivity index (χ1n) is 6.07. The Balaban J connectivity index is 2.08. The second kappa shape index (κ2) is 5.31. The molecule has 4 heteroatoms. The van der Waals surface area contributed by atoms with E-state index in [1.165, 1.54) is 12.8 Å². The molecule has 88 valence electrons. The summed E-state index contributed by atoms with van der Waals surface area (Å²) in [7, 11) is 0. The van der Waals surface area contributed by atoms with E-state index in [4.69, 9.17) is 10.00 Å². The predicted octanol–water partition coefficient (Wildman–Crippen LogP) is 1.32. The van der Waals surface area contributed by atoms with E-state index in [1.807, 2.05) is 11.0 Å². The Morgan fingerprint density at radius 3 is 3.06 bits per heavy atom. The van der Waals surface area contributed by atoms with Gasteiger partial charge in [-0.2, -0.15) is 5.26 Å². The number of ether oxygens (including phenoxy) is 1. The van der Waals surface area contributed by atoms with Gasteiger partial charge in [0.15, 0.2) is 0 Å². The highest BCUT2D eigenvalue weighted by atomic mass is 16.5. The number of nitrogens with zero attached hydrogens (tertiary/aromatic N) is 2. The van der Waals surface area contributed by atoms with Crippen molar-refractivity contribution >= 4 is 5.91 Å². The Labute approximate surface area is 96.2 Å². The lowest BCUT2D eigenvalue weighted by Crippen LogP contribution is -2.46. The molecular weight excluding hydrogens is 204 g/mol. The van der Waals surface area contributed by atoms with Gasteiger partial charge in [0.1, 0.15) is 6.42 Å². The Kier molecular flexibility index (Phi) is 3.79. The SMILES string of the molecule is N#CCC(=O)N1CCOC[C@H]2CCCC[C@@H]21. The van der Waals surface area contributed by atoms with Crippen molar-refractivity contribution in [3.63, 3.8) is 0 Å². The second-order valence-electron chi connectivity index (χ2n) is 4.61. The van der Waals surface area contributed by atoms with Crippen LogP contribution in [0.4, 0.5) is 0 Å². The Morgan fingerprint density at radius 2 is 2.25 bits per heavy atom. The minimum absolute atomic E-state index is 0.00319. The molecule has 2 atom stereocenters. The third-order valence-electron chi connectivity index (χ3n) is 3.63. The molecule has 0 aromatic heterocycles. The average Bonchev–Trinajstić information content (AvgIpc) is 2.51. The van der Waals surface area contributed by atoms with Crippen LogP contribution >= 0.6 is 0 Å². The Bertz CT molecular complexity index is 298. The molecule has 1 heterocycles. The smallest absolute Gasteiger partial charge is 0.237 e. The molecule has 0 unspecified atom stereocenters. The van der Waals surface area contributed by atoms with Crippen LogP contribution in [0.3, 0.4) is 0 Å².